The molecule has 1 atom stereocenters. The van der Waals surface area contributed by atoms with Gasteiger partial charge in [-0.25, -0.2) is 0 Å². The van der Waals surface area contributed by atoms with Crippen molar-refractivity contribution >= 4 is 34.8 Å². The number of hydrogen-bond acceptors (Lipinski definition) is 5. The van der Waals surface area contributed by atoms with E-state index in [9.17, 15) is 20.0 Å². The van der Waals surface area contributed by atoms with Gasteiger partial charge in [0.05, 0.1) is 20.6 Å². The third-order valence-corrected chi connectivity index (χ3v) is 8.11. The zero-order valence-corrected chi connectivity index (χ0v) is 22.7. The number of nitrogens with zero attached hydrogens (tertiary/aromatic N) is 3. The summed E-state index contributed by atoms with van der Waals surface area (Å²) in [5, 5.41) is 23.5. The fourth-order valence-electron chi connectivity index (χ4n) is 5.08. The van der Waals surface area contributed by atoms with E-state index < -0.39 is 16.4 Å². The number of nitro benzene ring substituents is 1. The van der Waals surface area contributed by atoms with Crippen molar-refractivity contribution in [3.63, 3.8) is 0 Å². The summed E-state index contributed by atoms with van der Waals surface area (Å²) in [5.74, 6) is -0.482. The van der Waals surface area contributed by atoms with E-state index in [0.29, 0.717) is 29.4 Å². The Kier molecular flexibility index (Phi) is 9.05. The molecule has 1 heterocycles. The number of halogens is 2. The number of likely N-dealkylation sites (tertiary alicyclic amines) is 1. The number of carbonyl (C=O) groups is 1. The van der Waals surface area contributed by atoms with Crippen molar-refractivity contribution in [3.8, 4) is 0 Å². The normalized spacial score (nSPS) is 16.1. The van der Waals surface area contributed by atoms with Crippen molar-refractivity contribution in [2.75, 3.05) is 33.2 Å². The van der Waals surface area contributed by atoms with E-state index in [4.69, 9.17) is 23.2 Å². The van der Waals surface area contributed by atoms with Gasteiger partial charge in [0.1, 0.15) is 5.56 Å². The number of para-hydroxylation sites is 1. The van der Waals surface area contributed by atoms with Crippen LogP contribution in [0.15, 0.2) is 72.8 Å². The predicted molar refractivity (Wildman–Crippen MR) is 150 cm³/mol. The van der Waals surface area contributed by atoms with Crippen molar-refractivity contribution in [1.29, 1.82) is 0 Å². The number of rotatable bonds is 9. The molecular formula is C29H31Cl2N3O4. The van der Waals surface area contributed by atoms with E-state index in [1.54, 1.807) is 25.2 Å². The topological polar surface area (TPSA) is 86.9 Å². The zero-order chi connectivity index (χ0) is 27.3. The molecule has 0 unspecified atom stereocenters. The summed E-state index contributed by atoms with van der Waals surface area (Å²) in [6.07, 6.45) is 2.02. The number of likely N-dealkylation sites (N-methyl/N-ethyl adjacent to an activating group) is 1. The van der Waals surface area contributed by atoms with Gasteiger partial charge in [-0.1, -0.05) is 71.7 Å². The van der Waals surface area contributed by atoms with Crippen LogP contribution in [0.25, 0.3) is 0 Å². The number of piperidine rings is 1. The lowest BCUT2D eigenvalue weighted by Crippen LogP contribution is -2.43. The van der Waals surface area contributed by atoms with Crippen molar-refractivity contribution in [3.05, 3.63) is 110 Å². The fourth-order valence-corrected chi connectivity index (χ4v) is 5.39. The van der Waals surface area contributed by atoms with Gasteiger partial charge < -0.3 is 14.9 Å². The van der Waals surface area contributed by atoms with E-state index in [2.05, 4.69) is 4.90 Å². The smallest absolute Gasteiger partial charge is 0.282 e. The Hall–Kier alpha value is -2.97. The summed E-state index contributed by atoms with van der Waals surface area (Å²) in [6.45, 7) is 2.63. The number of nitro groups is 1. The van der Waals surface area contributed by atoms with Crippen LogP contribution in [-0.2, 0) is 5.60 Å². The largest absolute Gasteiger partial charge is 0.385 e. The monoisotopic (exact) mass is 555 g/mol. The maximum atomic E-state index is 13.2. The zero-order valence-electron chi connectivity index (χ0n) is 21.2. The van der Waals surface area contributed by atoms with Gasteiger partial charge in [-0.15, -0.1) is 0 Å². The lowest BCUT2D eigenvalue weighted by molar-refractivity contribution is -0.385. The molecule has 1 saturated heterocycles. The van der Waals surface area contributed by atoms with Crippen molar-refractivity contribution in [2.45, 2.75) is 30.8 Å². The SMILES string of the molecule is CN(C[C@H](CCN1CCC(O)(c2ccccc2)CC1)c1ccc(Cl)c(Cl)c1)C(=O)c1ccccc1[N+](=O)[O-]. The first-order chi connectivity index (χ1) is 18.2. The molecule has 0 aromatic heterocycles. The molecule has 0 bridgehead atoms. The number of aliphatic hydroxyl groups is 1. The van der Waals surface area contributed by atoms with Gasteiger partial charge in [0.25, 0.3) is 11.6 Å². The lowest BCUT2D eigenvalue weighted by Gasteiger charge is -2.39. The Balaban J connectivity index is 1.46. The highest BCUT2D eigenvalue weighted by Gasteiger charge is 2.34. The molecule has 38 heavy (non-hydrogen) atoms. The summed E-state index contributed by atoms with van der Waals surface area (Å²) >= 11 is 12.5. The fraction of sp³-hybridized carbons (Fsp3) is 0.345. The molecule has 1 aliphatic rings. The van der Waals surface area contributed by atoms with Gasteiger partial charge in [-0.2, -0.15) is 0 Å². The van der Waals surface area contributed by atoms with Crippen LogP contribution in [0.3, 0.4) is 0 Å². The first kappa shape index (κ1) is 28.0. The van der Waals surface area contributed by atoms with E-state index in [1.807, 2.05) is 42.5 Å². The van der Waals surface area contributed by atoms with Crippen LogP contribution in [0, 0.1) is 10.1 Å². The summed E-state index contributed by atoms with van der Waals surface area (Å²) < 4.78 is 0. The first-order valence-electron chi connectivity index (χ1n) is 12.6. The molecule has 3 aromatic rings. The standard InChI is InChI=1S/C29H31Cl2N3O4/c1-32(28(35)24-9-5-6-10-27(24)34(37)38)20-22(21-11-12-25(30)26(31)19-21)13-16-33-17-14-29(36,15-18-33)23-7-3-2-4-8-23/h2-12,19,22,36H,13-18,20H2,1H3/t22-/m0/s1. The second-order valence-corrected chi connectivity index (χ2v) is 10.7. The molecule has 1 amide bonds. The molecule has 3 aromatic carbocycles. The maximum absolute atomic E-state index is 13.2. The van der Waals surface area contributed by atoms with Gasteiger partial charge in [0.2, 0.25) is 0 Å². The van der Waals surface area contributed by atoms with Gasteiger partial charge in [0, 0.05) is 38.7 Å². The number of amides is 1. The Bertz CT molecular complexity index is 1280. The Labute approximate surface area is 232 Å². The van der Waals surface area contributed by atoms with E-state index in [0.717, 1.165) is 37.2 Å². The maximum Gasteiger partial charge on any atom is 0.282 e. The van der Waals surface area contributed by atoms with Crippen LogP contribution in [0.4, 0.5) is 5.69 Å². The van der Waals surface area contributed by atoms with Crippen molar-refractivity contribution < 1.29 is 14.8 Å². The predicted octanol–water partition coefficient (Wildman–Crippen LogP) is 6.13. The molecule has 1 N–H and O–H groups in total. The Morgan fingerprint density at radius 2 is 1.71 bits per heavy atom. The average Bonchev–Trinajstić information content (AvgIpc) is 2.93. The molecule has 0 saturated carbocycles. The first-order valence-corrected chi connectivity index (χ1v) is 13.4. The third-order valence-electron chi connectivity index (χ3n) is 7.38. The Morgan fingerprint density at radius 3 is 2.37 bits per heavy atom. The minimum absolute atomic E-state index is 0.0594. The second-order valence-electron chi connectivity index (χ2n) is 9.86. The summed E-state index contributed by atoms with van der Waals surface area (Å²) in [7, 11) is 1.66. The molecule has 1 fully saturated rings. The molecule has 1 aliphatic heterocycles. The van der Waals surface area contributed by atoms with Crippen molar-refractivity contribution in [1.82, 2.24) is 9.80 Å². The highest BCUT2D eigenvalue weighted by Crippen LogP contribution is 2.34. The van der Waals surface area contributed by atoms with E-state index >= 15 is 0 Å². The summed E-state index contributed by atoms with van der Waals surface area (Å²) in [4.78, 5) is 28.0. The quantitative estimate of drug-likeness (QED) is 0.253. The molecule has 0 aliphatic carbocycles. The second kappa shape index (κ2) is 12.3. The van der Waals surface area contributed by atoms with Gasteiger partial charge in [-0.3, -0.25) is 14.9 Å². The molecule has 4 rings (SSSR count). The number of hydrogen-bond donors (Lipinski definition) is 1. The van der Waals surface area contributed by atoms with Crippen LogP contribution in [0.1, 0.15) is 46.7 Å². The van der Waals surface area contributed by atoms with Crippen LogP contribution in [0.2, 0.25) is 10.0 Å². The molecular weight excluding hydrogens is 525 g/mol. The Morgan fingerprint density at radius 1 is 1.05 bits per heavy atom. The minimum Gasteiger partial charge on any atom is -0.385 e. The van der Waals surface area contributed by atoms with E-state index in [1.165, 1.54) is 17.0 Å². The van der Waals surface area contributed by atoms with E-state index in [-0.39, 0.29) is 17.2 Å². The highest BCUT2D eigenvalue weighted by molar-refractivity contribution is 6.42. The van der Waals surface area contributed by atoms with Gasteiger partial charge in [-0.05, 0) is 55.1 Å². The van der Waals surface area contributed by atoms with Gasteiger partial charge >= 0.3 is 0 Å². The van der Waals surface area contributed by atoms with Crippen LogP contribution in [-0.4, -0.2) is 59.0 Å². The minimum atomic E-state index is -0.822. The number of benzene rings is 3. The average molecular weight is 556 g/mol. The molecule has 0 radical (unpaired) electrons. The van der Waals surface area contributed by atoms with Gasteiger partial charge in [0.15, 0.2) is 0 Å². The third kappa shape index (κ3) is 6.53. The van der Waals surface area contributed by atoms with Crippen LogP contribution in [0.5, 0.6) is 0 Å². The summed E-state index contributed by atoms with van der Waals surface area (Å²) in [6, 6.07) is 21.3. The van der Waals surface area contributed by atoms with Crippen LogP contribution >= 0.6 is 23.2 Å². The lowest BCUT2D eigenvalue weighted by atomic mass is 9.84. The molecule has 0 spiro atoms. The molecule has 7 nitrogen and oxygen atoms in total. The van der Waals surface area contributed by atoms with Crippen molar-refractivity contribution in [2.24, 2.45) is 0 Å². The van der Waals surface area contributed by atoms with Crippen LogP contribution < -0.4 is 0 Å². The highest BCUT2D eigenvalue weighted by atomic mass is 35.5. The molecule has 200 valence electrons. The number of carbonyl (C=O) groups excluding carboxylic acids is 1. The summed E-state index contributed by atoms with van der Waals surface area (Å²) in [5.41, 5.74) is 0.916. The molecule has 9 heteroatoms.